The summed E-state index contributed by atoms with van der Waals surface area (Å²) >= 11 is 5.91. The van der Waals surface area contributed by atoms with Crippen molar-refractivity contribution in [2.24, 2.45) is 0 Å². The molecule has 0 spiro atoms. The highest BCUT2D eigenvalue weighted by molar-refractivity contribution is 6.46. The Labute approximate surface area is 183 Å². The molecule has 1 atom stereocenters. The molecule has 1 saturated heterocycles. The number of benzene rings is 2. The smallest absolute Gasteiger partial charge is 0.305 e. The topological polar surface area (TPSA) is 113 Å². The van der Waals surface area contributed by atoms with Gasteiger partial charge in [0.2, 0.25) is 0 Å². The van der Waals surface area contributed by atoms with E-state index in [1.807, 2.05) is 0 Å². The molecular weight excluding hydrogens is 426 g/mol. The monoisotopic (exact) mass is 445 g/mol. The zero-order chi connectivity index (χ0) is 22.7. The van der Waals surface area contributed by atoms with E-state index < -0.39 is 29.5 Å². The number of likely N-dealkylation sites (tertiary alicyclic amines) is 1. The van der Waals surface area contributed by atoms with Gasteiger partial charge in [-0.05, 0) is 42.5 Å². The van der Waals surface area contributed by atoms with Crippen LogP contribution in [0.1, 0.15) is 23.6 Å². The number of carboxylic acids is 1. The zero-order valence-corrected chi connectivity index (χ0v) is 17.5. The van der Waals surface area contributed by atoms with E-state index in [-0.39, 0.29) is 24.1 Å². The van der Waals surface area contributed by atoms with Gasteiger partial charge in [0.1, 0.15) is 17.3 Å². The minimum absolute atomic E-state index is 0.177. The lowest BCUT2D eigenvalue weighted by molar-refractivity contribution is -0.142. The molecule has 1 heterocycles. The number of methoxy groups -OCH3 is 2. The van der Waals surface area contributed by atoms with Crippen LogP contribution in [0.25, 0.3) is 5.76 Å². The average molecular weight is 446 g/mol. The average Bonchev–Trinajstić information content (AvgIpc) is 3.01. The Morgan fingerprint density at radius 2 is 1.74 bits per heavy atom. The van der Waals surface area contributed by atoms with Crippen LogP contribution >= 0.6 is 11.6 Å². The predicted molar refractivity (Wildman–Crippen MR) is 112 cm³/mol. The predicted octanol–water partition coefficient (Wildman–Crippen LogP) is 3.25. The highest BCUT2D eigenvalue weighted by atomic mass is 35.5. The van der Waals surface area contributed by atoms with Crippen LogP contribution in [-0.2, 0) is 14.4 Å². The van der Waals surface area contributed by atoms with Gasteiger partial charge in [0.15, 0.2) is 0 Å². The highest BCUT2D eigenvalue weighted by Gasteiger charge is 2.47. The maximum Gasteiger partial charge on any atom is 0.305 e. The first-order valence-electron chi connectivity index (χ1n) is 9.26. The number of ether oxygens (including phenoxy) is 2. The standard InChI is InChI=1S/C22H20ClNO7/c1-30-14-7-8-16(31-2)15(11-14)19-18(20(27)12-3-5-13(23)6-4-12)21(28)22(29)24(19)10-9-17(25)26/h3-8,11,19,27H,9-10H2,1-2H3,(H,25,26)/t19-/m0/s1. The van der Waals surface area contributed by atoms with Crippen molar-refractivity contribution in [2.75, 3.05) is 20.8 Å². The molecule has 0 bridgehead atoms. The number of amides is 1. The van der Waals surface area contributed by atoms with E-state index in [0.29, 0.717) is 22.1 Å². The fraction of sp³-hybridized carbons (Fsp3) is 0.227. The third-order valence-electron chi connectivity index (χ3n) is 4.96. The molecule has 9 heteroatoms. The summed E-state index contributed by atoms with van der Waals surface area (Å²) in [5.74, 6) is -2.58. The number of rotatable bonds is 7. The van der Waals surface area contributed by atoms with Crippen LogP contribution in [0.4, 0.5) is 0 Å². The molecular formula is C22H20ClNO7. The number of carbonyl (C=O) groups excluding carboxylic acids is 2. The first-order chi connectivity index (χ1) is 14.8. The maximum absolute atomic E-state index is 12.9. The Morgan fingerprint density at radius 1 is 1.06 bits per heavy atom. The van der Waals surface area contributed by atoms with Gasteiger partial charge in [0.25, 0.3) is 11.7 Å². The number of hydrogen-bond acceptors (Lipinski definition) is 6. The molecule has 1 aliphatic heterocycles. The highest BCUT2D eigenvalue weighted by Crippen LogP contribution is 2.43. The van der Waals surface area contributed by atoms with Crippen molar-refractivity contribution in [1.82, 2.24) is 4.90 Å². The normalized spacial score (nSPS) is 17.6. The second-order valence-corrected chi connectivity index (χ2v) is 7.19. The number of aliphatic carboxylic acids is 1. The quantitative estimate of drug-likeness (QED) is 0.382. The minimum Gasteiger partial charge on any atom is -0.507 e. The summed E-state index contributed by atoms with van der Waals surface area (Å²) in [6.07, 6.45) is -0.378. The number of Topliss-reactive ketones (excluding diaryl/α,β-unsaturated/α-hetero) is 1. The summed E-state index contributed by atoms with van der Waals surface area (Å²) in [6.45, 7) is -0.234. The van der Waals surface area contributed by atoms with E-state index in [4.69, 9.17) is 26.2 Å². The molecule has 0 saturated carbocycles. The van der Waals surface area contributed by atoms with E-state index >= 15 is 0 Å². The fourth-order valence-corrected chi connectivity index (χ4v) is 3.59. The van der Waals surface area contributed by atoms with Crippen molar-refractivity contribution in [1.29, 1.82) is 0 Å². The van der Waals surface area contributed by atoms with E-state index in [1.165, 1.54) is 38.5 Å². The van der Waals surface area contributed by atoms with Gasteiger partial charge in [-0.3, -0.25) is 14.4 Å². The fourth-order valence-electron chi connectivity index (χ4n) is 3.47. The van der Waals surface area contributed by atoms with Gasteiger partial charge in [0.05, 0.1) is 32.3 Å². The lowest BCUT2D eigenvalue weighted by Gasteiger charge is -2.26. The van der Waals surface area contributed by atoms with E-state index in [0.717, 1.165) is 4.90 Å². The number of nitrogens with zero attached hydrogens (tertiary/aromatic N) is 1. The summed E-state index contributed by atoms with van der Waals surface area (Å²) in [7, 11) is 2.88. The number of carboxylic acid groups (broad SMARTS) is 1. The van der Waals surface area contributed by atoms with Crippen molar-refractivity contribution in [3.63, 3.8) is 0 Å². The first-order valence-corrected chi connectivity index (χ1v) is 9.64. The SMILES string of the molecule is COc1ccc(OC)c([C@H]2C(=C(O)c3ccc(Cl)cc3)C(=O)C(=O)N2CCC(=O)O)c1. The Hall–Kier alpha value is -3.52. The van der Waals surface area contributed by atoms with Gasteiger partial charge in [-0.15, -0.1) is 0 Å². The van der Waals surface area contributed by atoms with E-state index in [2.05, 4.69) is 0 Å². The summed E-state index contributed by atoms with van der Waals surface area (Å²) in [6, 6.07) is 9.87. The Kier molecular flexibility index (Phi) is 6.50. The van der Waals surface area contributed by atoms with Gasteiger partial charge < -0.3 is 24.6 Å². The molecule has 162 valence electrons. The first kappa shape index (κ1) is 22.2. The van der Waals surface area contributed by atoms with Crippen LogP contribution in [0, 0.1) is 0 Å². The van der Waals surface area contributed by atoms with Gasteiger partial charge in [0, 0.05) is 22.7 Å². The van der Waals surface area contributed by atoms with E-state index in [9.17, 15) is 19.5 Å². The molecule has 2 aromatic rings. The molecule has 2 aromatic carbocycles. The van der Waals surface area contributed by atoms with Crippen molar-refractivity contribution in [2.45, 2.75) is 12.5 Å². The Bertz CT molecular complexity index is 1060. The molecule has 0 radical (unpaired) electrons. The number of carbonyl (C=O) groups is 3. The Morgan fingerprint density at radius 3 is 2.32 bits per heavy atom. The molecule has 0 aromatic heterocycles. The minimum atomic E-state index is -1.13. The van der Waals surface area contributed by atoms with Gasteiger partial charge in [-0.25, -0.2) is 0 Å². The van der Waals surface area contributed by atoms with Crippen LogP contribution in [0.5, 0.6) is 11.5 Å². The molecule has 0 aliphatic carbocycles. The second kappa shape index (κ2) is 9.09. The molecule has 2 N–H and O–H groups in total. The summed E-state index contributed by atoms with van der Waals surface area (Å²) in [4.78, 5) is 38.0. The van der Waals surface area contributed by atoms with Crippen LogP contribution in [0.2, 0.25) is 5.02 Å². The Balaban J connectivity index is 2.24. The van der Waals surface area contributed by atoms with Gasteiger partial charge >= 0.3 is 5.97 Å². The lowest BCUT2D eigenvalue weighted by Crippen LogP contribution is -2.32. The van der Waals surface area contributed by atoms with Crippen LogP contribution in [0.15, 0.2) is 48.0 Å². The molecule has 8 nitrogen and oxygen atoms in total. The van der Waals surface area contributed by atoms with Gasteiger partial charge in [-0.2, -0.15) is 0 Å². The van der Waals surface area contributed by atoms with Crippen LogP contribution in [-0.4, -0.2) is 53.5 Å². The zero-order valence-electron chi connectivity index (χ0n) is 16.8. The van der Waals surface area contributed by atoms with Crippen LogP contribution < -0.4 is 9.47 Å². The maximum atomic E-state index is 12.9. The van der Waals surface area contributed by atoms with E-state index in [1.54, 1.807) is 18.2 Å². The molecule has 3 rings (SSSR count). The third kappa shape index (κ3) is 4.34. The molecule has 1 aliphatic rings. The number of ketones is 1. The number of halogens is 1. The lowest BCUT2D eigenvalue weighted by atomic mass is 9.94. The largest absolute Gasteiger partial charge is 0.507 e. The number of hydrogen-bond donors (Lipinski definition) is 2. The summed E-state index contributed by atoms with van der Waals surface area (Å²) in [5.41, 5.74) is 0.485. The molecule has 31 heavy (non-hydrogen) atoms. The molecule has 0 unspecified atom stereocenters. The second-order valence-electron chi connectivity index (χ2n) is 6.75. The van der Waals surface area contributed by atoms with Gasteiger partial charge in [-0.1, -0.05) is 11.6 Å². The van der Waals surface area contributed by atoms with Crippen molar-refractivity contribution in [3.8, 4) is 11.5 Å². The van der Waals surface area contributed by atoms with Crippen molar-refractivity contribution < 1.29 is 34.1 Å². The van der Waals surface area contributed by atoms with Crippen molar-refractivity contribution in [3.05, 3.63) is 64.2 Å². The van der Waals surface area contributed by atoms with Crippen molar-refractivity contribution >= 4 is 35.0 Å². The molecule has 1 amide bonds. The number of aliphatic hydroxyl groups excluding tert-OH is 1. The number of aliphatic hydroxyl groups is 1. The summed E-state index contributed by atoms with van der Waals surface area (Å²) < 4.78 is 10.7. The third-order valence-corrected chi connectivity index (χ3v) is 5.21. The summed E-state index contributed by atoms with van der Waals surface area (Å²) in [5, 5.41) is 20.5. The van der Waals surface area contributed by atoms with Crippen LogP contribution in [0.3, 0.4) is 0 Å². The molecule has 1 fully saturated rings.